The van der Waals surface area contributed by atoms with Gasteiger partial charge >= 0.3 is 0 Å². The number of aromatic nitrogens is 3. The van der Waals surface area contributed by atoms with Gasteiger partial charge in [0.25, 0.3) is 0 Å². The van der Waals surface area contributed by atoms with Gasteiger partial charge in [-0.05, 0) is 31.9 Å². The molecule has 1 amide bonds. The predicted molar refractivity (Wildman–Crippen MR) is 77.5 cm³/mol. The number of carbonyl (C=O) groups is 1. The van der Waals surface area contributed by atoms with Gasteiger partial charge in [-0.3, -0.25) is 4.79 Å². The summed E-state index contributed by atoms with van der Waals surface area (Å²) in [4.78, 5) is 15.8. The molecule has 0 aliphatic heterocycles. The number of nitrogens with two attached hydrogens (primary N) is 1. The first-order valence-corrected chi connectivity index (χ1v) is 6.66. The van der Waals surface area contributed by atoms with Gasteiger partial charge in [0.2, 0.25) is 5.91 Å². The fraction of sp³-hybridized carbons (Fsp3) is 0.357. The molecule has 1 aromatic heterocycles. The summed E-state index contributed by atoms with van der Waals surface area (Å²) in [5.74, 6) is -0.0155. The molecule has 2 rings (SSSR count). The van der Waals surface area contributed by atoms with Gasteiger partial charge in [0.15, 0.2) is 0 Å². The Hall–Kier alpha value is -2.21. The van der Waals surface area contributed by atoms with Gasteiger partial charge < -0.3 is 11.1 Å². The lowest BCUT2D eigenvalue weighted by molar-refractivity contribution is -0.116. The molecule has 3 N–H and O–H groups in total. The van der Waals surface area contributed by atoms with Gasteiger partial charge in [-0.25, -0.2) is 9.67 Å². The van der Waals surface area contributed by atoms with Gasteiger partial charge in [-0.2, -0.15) is 5.10 Å². The summed E-state index contributed by atoms with van der Waals surface area (Å²) in [6, 6.07) is 7.62. The first-order chi connectivity index (χ1) is 9.66. The van der Waals surface area contributed by atoms with Crippen LogP contribution in [0, 0.1) is 0 Å². The van der Waals surface area contributed by atoms with E-state index in [-0.39, 0.29) is 11.9 Å². The van der Waals surface area contributed by atoms with Crippen LogP contribution < -0.4 is 11.1 Å². The lowest BCUT2D eigenvalue weighted by Gasteiger charge is -2.11. The molecule has 1 heterocycles. The van der Waals surface area contributed by atoms with Crippen LogP contribution in [0.5, 0.6) is 0 Å². The minimum atomic E-state index is -0.0155. The molecular weight excluding hydrogens is 254 g/mol. The Balaban J connectivity index is 2.01. The van der Waals surface area contributed by atoms with Crippen molar-refractivity contribution in [1.29, 1.82) is 0 Å². The summed E-state index contributed by atoms with van der Waals surface area (Å²) >= 11 is 0. The van der Waals surface area contributed by atoms with E-state index in [1.807, 2.05) is 31.2 Å². The third-order valence-corrected chi connectivity index (χ3v) is 2.91. The molecule has 0 aliphatic carbocycles. The van der Waals surface area contributed by atoms with Gasteiger partial charge in [0.05, 0.1) is 11.4 Å². The molecule has 0 aliphatic rings. The number of hydrogen-bond acceptors (Lipinski definition) is 4. The smallest absolute Gasteiger partial charge is 0.224 e. The molecule has 6 heteroatoms. The summed E-state index contributed by atoms with van der Waals surface area (Å²) in [7, 11) is 0. The molecule has 1 unspecified atom stereocenters. The SMILES string of the molecule is CC(N)CCCC(=O)Nc1ccccc1-n1cncn1. The number of anilines is 1. The van der Waals surface area contributed by atoms with Crippen LogP contribution in [-0.4, -0.2) is 26.7 Å². The second-order valence-corrected chi connectivity index (χ2v) is 4.77. The van der Waals surface area contributed by atoms with Crippen LogP contribution in [0.2, 0.25) is 0 Å². The number of nitrogens with zero attached hydrogens (tertiary/aromatic N) is 3. The molecule has 20 heavy (non-hydrogen) atoms. The highest BCUT2D eigenvalue weighted by molar-refractivity contribution is 5.92. The summed E-state index contributed by atoms with van der Waals surface area (Å²) in [6.45, 7) is 1.94. The number of amides is 1. The molecule has 0 saturated heterocycles. The molecule has 6 nitrogen and oxygen atoms in total. The Kier molecular flexibility index (Phi) is 4.84. The monoisotopic (exact) mass is 273 g/mol. The van der Waals surface area contributed by atoms with Crippen molar-refractivity contribution in [1.82, 2.24) is 14.8 Å². The van der Waals surface area contributed by atoms with Crippen molar-refractivity contribution in [2.24, 2.45) is 5.73 Å². The van der Waals surface area contributed by atoms with Crippen molar-refractivity contribution in [2.75, 3.05) is 5.32 Å². The standard InChI is InChI=1S/C14H19N5O/c1-11(15)5-4-8-14(20)18-12-6-2-3-7-13(12)19-10-16-9-17-19/h2-3,6-7,9-11H,4-5,8,15H2,1H3,(H,18,20). The van der Waals surface area contributed by atoms with E-state index in [2.05, 4.69) is 15.4 Å². The molecule has 1 atom stereocenters. The van der Waals surface area contributed by atoms with Crippen LogP contribution in [0.1, 0.15) is 26.2 Å². The van der Waals surface area contributed by atoms with E-state index in [4.69, 9.17) is 5.73 Å². The molecule has 0 spiro atoms. The highest BCUT2D eigenvalue weighted by Gasteiger charge is 2.08. The van der Waals surface area contributed by atoms with Crippen molar-refractivity contribution in [3.05, 3.63) is 36.9 Å². The quantitative estimate of drug-likeness (QED) is 0.839. The van der Waals surface area contributed by atoms with Gasteiger partial charge in [0, 0.05) is 12.5 Å². The van der Waals surface area contributed by atoms with Crippen LogP contribution in [0.4, 0.5) is 5.69 Å². The maximum Gasteiger partial charge on any atom is 0.224 e. The van der Waals surface area contributed by atoms with E-state index in [0.717, 1.165) is 24.2 Å². The first-order valence-electron chi connectivity index (χ1n) is 6.66. The van der Waals surface area contributed by atoms with E-state index in [1.54, 1.807) is 11.0 Å². The Morgan fingerprint density at radius 1 is 1.45 bits per heavy atom. The highest BCUT2D eigenvalue weighted by Crippen LogP contribution is 2.19. The molecule has 0 radical (unpaired) electrons. The maximum absolute atomic E-state index is 11.9. The zero-order valence-corrected chi connectivity index (χ0v) is 11.5. The largest absolute Gasteiger partial charge is 0.328 e. The third-order valence-electron chi connectivity index (χ3n) is 2.91. The molecular formula is C14H19N5O. The summed E-state index contributed by atoms with van der Waals surface area (Å²) in [5.41, 5.74) is 7.19. The topological polar surface area (TPSA) is 85.8 Å². The second-order valence-electron chi connectivity index (χ2n) is 4.77. The van der Waals surface area contributed by atoms with Crippen LogP contribution in [0.15, 0.2) is 36.9 Å². The normalized spacial score (nSPS) is 12.1. The number of benzene rings is 1. The third kappa shape index (κ3) is 3.89. The number of para-hydroxylation sites is 2. The Morgan fingerprint density at radius 2 is 2.25 bits per heavy atom. The molecule has 0 saturated carbocycles. The Bertz CT molecular complexity index is 550. The molecule has 2 aromatic rings. The van der Waals surface area contributed by atoms with E-state index < -0.39 is 0 Å². The summed E-state index contributed by atoms with van der Waals surface area (Å²) in [6.07, 6.45) is 5.16. The molecule has 106 valence electrons. The average molecular weight is 273 g/mol. The van der Waals surface area contributed by atoms with Crippen molar-refractivity contribution in [3.8, 4) is 5.69 Å². The molecule has 0 bridgehead atoms. The lowest BCUT2D eigenvalue weighted by Crippen LogP contribution is -2.17. The van der Waals surface area contributed by atoms with Crippen molar-refractivity contribution in [3.63, 3.8) is 0 Å². The van der Waals surface area contributed by atoms with E-state index in [0.29, 0.717) is 6.42 Å². The van der Waals surface area contributed by atoms with Crippen LogP contribution in [-0.2, 0) is 4.79 Å². The van der Waals surface area contributed by atoms with Gasteiger partial charge in [-0.1, -0.05) is 12.1 Å². The predicted octanol–water partition coefficient (Wildman–Crippen LogP) is 1.72. The first kappa shape index (κ1) is 14.2. The summed E-state index contributed by atoms with van der Waals surface area (Å²) in [5, 5.41) is 6.98. The van der Waals surface area contributed by atoms with E-state index in [9.17, 15) is 4.79 Å². The van der Waals surface area contributed by atoms with Crippen molar-refractivity contribution < 1.29 is 4.79 Å². The number of hydrogen-bond donors (Lipinski definition) is 2. The number of carbonyl (C=O) groups excluding carboxylic acids is 1. The maximum atomic E-state index is 11.9. The fourth-order valence-electron chi connectivity index (χ4n) is 1.91. The van der Waals surface area contributed by atoms with Gasteiger partial charge in [-0.15, -0.1) is 0 Å². The van der Waals surface area contributed by atoms with Crippen molar-refractivity contribution in [2.45, 2.75) is 32.2 Å². The average Bonchev–Trinajstić information content (AvgIpc) is 2.92. The number of rotatable bonds is 6. The lowest BCUT2D eigenvalue weighted by atomic mass is 10.1. The van der Waals surface area contributed by atoms with Crippen molar-refractivity contribution >= 4 is 11.6 Å². The van der Waals surface area contributed by atoms with Crippen LogP contribution in [0.3, 0.4) is 0 Å². The molecule has 1 aromatic carbocycles. The van der Waals surface area contributed by atoms with Gasteiger partial charge in [0.1, 0.15) is 12.7 Å². The van der Waals surface area contributed by atoms with E-state index in [1.165, 1.54) is 6.33 Å². The Labute approximate surface area is 118 Å². The fourth-order valence-corrected chi connectivity index (χ4v) is 1.91. The highest BCUT2D eigenvalue weighted by atomic mass is 16.1. The van der Waals surface area contributed by atoms with Crippen LogP contribution >= 0.6 is 0 Å². The van der Waals surface area contributed by atoms with Crippen LogP contribution in [0.25, 0.3) is 5.69 Å². The minimum Gasteiger partial charge on any atom is -0.328 e. The number of nitrogens with one attached hydrogen (secondary N) is 1. The minimum absolute atomic E-state index is 0.0155. The zero-order valence-electron chi connectivity index (χ0n) is 11.5. The second kappa shape index (κ2) is 6.81. The molecule has 0 fully saturated rings. The Morgan fingerprint density at radius 3 is 2.95 bits per heavy atom. The summed E-state index contributed by atoms with van der Waals surface area (Å²) < 4.78 is 1.62. The zero-order chi connectivity index (χ0) is 14.4. The van der Waals surface area contributed by atoms with E-state index >= 15 is 0 Å².